The van der Waals surface area contributed by atoms with Gasteiger partial charge in [-0.15, -0.1) is 15.0 Å². The Balaban J connectivity index is 1.65. The summed E-state index contributed by atoms with van der Waals surface area (Å²) in [7, 11) is 1.22. The normalized spacial score (nSPS) is 11.0. The highest BCUT2D eigenvalue weighted by atomic mass is 16.5. The molecule has 32 heavy (non-hydrogen) atoms. The number of carbonyl (C=O) groups excluding carboxylic acids is 1. The van der Waals surface area contributed by atoms with Crippen LogP contribution < -0.4 is 11.4 Å². The van der Waals surface area contributed by atoms with Crippen molar-refractivity contribution in [3.05, 3.63) is 76.4 Å². The number of hydrogen-bond donors (Lipinski definition) is 1. The second-order valence-corrected chi connectivity index (χ2v) is 6.90. The Morgan fingerprint density at radius 2 is 1.88 bits per heavy atom. The van der Waals surface area contributed by atoms with E-state index >= 15 is 0 Å². The van der Waals surface area contributed by atoms with Crippen molar-refractivity contribution in [3.63, 3.8) is 0 Å². The minimum atomic E-state index is -0.697. The van der Waals surface area contributed by atoms with Gasteiger partial charge in [0.2, 0.25) is 0 Å². The van der Waals surface area contributed by atoms with Crippen molar-refractivity contribution < 1.29 is 13.9 Å². The zero-order valence-corrected chi connectivity index (χ0v) is 16.6. The number of methoxy groups -OCH3 is 1. The largest absolute Gasteiger partial charge is 0.464 e. The Kier molecular flexibility index (Phi) is 4.23. The zero-order chi connectivity index (χ0) is 22.4. The molecular formula is C22H14N6O4. The molecule has 0 aliphatic carbocycles. The number of carbonyl (C=O) groups is 1. The van der Waals surface area contributed by atoms with Gasteiger partial charge in [-0.2, -0.15) is 5.26 Å². The number of ether oxygens (including phenoxy) is 1. The van der Waals surface area contributed by atoms with Crippen LogP contribution in [0.2, 0.25) is 0 Å². The van der Waals surface area contributed by atoms with Crippen LogP contribution in [0.25, 0.3) is 33.4 Å². The topological polar surface area (TPSA) is 142 Å². The Labute approximate surface area is 179 Å². The Hall–Kier alpha value is -4.91. The molecule has 0 aliphatic heterocycles. The highest BCUT2D eigenvalue weighted by Crippen LogP contribution is 2.27. The summed E-state index contributed by atoms with van der Waals surface area (Å²) in [5.74, 6) is -0.697. The zero-order valence-electron chi connectivity index (χ0n) is 16.6. The molecule has 0 aliphatic rings. The lowest BCUT2D eigenvalue weighted by molar-refractivity contribution is 0.0593. The first-order chi connectivity index (χ1) is 15.5. The van der Waals surface area contributed by atoms with Crippen LogP contribution in [0.3, 0.4) is 0 Å². The third kappa shape index (κ3) is 2.88. The molecule has 0 unspecified atom stereocenters. The number of hydrogen-bond acceptors (Lipinski definition) is 8. The van der Waals surface area contributed by atoms with Gasteiger partial charge in [0, 0.05) is 23.3 Å². The fraction of sp³-hybridized carbons (Fsp3) is 0.0455. The first-order valence-corrected chi connectivity index (χ1v) is 9.40. The molecule has 0 amide bonds. The van der Waals surface area contributed by atoms with E-state index in [-0.39, 0.29) is 28.2 Å². The molecule has 10 heteroatoms. The van der Waals surface area contributed by atoms with Crippen LogP contribution >= 0.6 is 0 Å². The van der Waals surface area contributed by atoms with Gasteiger partial charge in [-0.3, -0.25) is 0 Å². The van der Waals surface area contributed by atoms with Gasteiger partial charge in [-0.1, -0.05) is 12.1 Å². The van der Waals surface area contributed by atoms with E-state index in [0.717, 1.165) is 0 Å². The molecule has 5 aromatic rings. The molecule has 10 nitrogen and oxygen atoms in total. The van der Waals surface area contributed by atoms with Crippen molar-refractivity contribution in [1.29, 1.82) is 5.26 Å². The number of anilines is 1. The van der Waals surface area contributed by atoms with Crippen molar-refractivity contribution in [3.8, 4) is 17.4 Å². The second kappa shape index (κ2) is 7.10. The standard InChI is InChI=1S/C22H14N6O4/c1-31-22(30)20-19(24)13(10-23)11-27(20)14-7-6-12-8-17(21(29)32-18(12)9-14)28-25-15-4-2-3-5-16(15)26-28/h2-9,11H,24H2,1H3. The van der Waals surface area contributed by atoms with Crippen molar-refractivity contribution in [2.24, 2.45) is 0 Å². The van der Waals surface area contributed by atoms with Crippen LogP contribution in [-0.2, 0) is 4.74 Å². The maximum Gasteiger partial charge on any atom is 0.364 e. The van der Waals surface area contributed by atoms with E-state index in [1.807, 2.05) is 18.2 Å². The summed E-state index contributed by atoms with van der Waals surface area (Å²) in [5.41, 5.74) is 7.65. The van der Waals surface area contributed by atoms with Crippen molar-refractivity contribution in [1.82, 2.24) is 19.6 Å². The van der Waals surface area contributed by atoms with Crippen LogP contribution in [-0.4, -0.2) is 32.6 Å². The molecule has 0 fully saturated rings. The minimum absolute atomic E-state index is 0.00747. The number of nitriles is 1. The lowest BCUT2D eigenvalue weighted by atomic mass is 10.2. The molecule has 3 heterocycles. The van der Waals surface area contributed by atoms with E-state index in [1.165, 1.54) is 22.7 Å². The van der Waals surface area contributed by atoms with Crippen LogP contribution in [0.5, 0.6) is 0 Å². The van der Waals surface area contributed by atoms with E-state index < -0.39 is 11.6 Å². The highest BCUT2D eigenvalue weighted by Gasteiger charge is 2.22. The fourth-order valence-corrected chi connectivity index (χ4v) is 3.46. The first-order valence-electron chi connectivity index (χ1n) is 9.40. The second-order valence-electron chi connectivity index (χ2n) is 6.90. The van der Waals surface area contributed by atoms with Gasteiger partial charge in [0.1, 0.15) is 22.7 Å². The van der Waals surface area contributed by atoms with Crippen molar-refractivity contribution in [2.75, 3.05) is 12.8 Å². The number of fused-ring (bicyclic) bond motifs is 2. The van der Waals surface area contributed by atoms with Gasteiger partial charge in [-0.25, -0.2) is 9.59 Å². The predicted octanol–water partition coefficient (Wildman–Crippen LogP) is 2.56. The average Bonchev–Trinajstić information content (AvgIpc) is 3.38. The number of nitrogen functional groups attached to an aromatic ring is 1. The number of benzene rings is 2. The lowest BCUT2D eigenvalue weighted by Gasteiger charge is -2.09. The smallest absolute Gasteiger partial charge is 0.364 e. The Bertz CT molecular complexity index is 1600. The van der Waals surface area contributed by atoms with E-state index in [9.17, 15) is 14.9 Å². The summed E-state index contributed by atoms with van der Waals surface area (Å²) >= 11 is 0. The number of esters is 1. The van der Waals surface area contributed by atoms with Crippen LogP contribution in [0.15, 0.2) is 63.9 Å². The van der Waals surface area contributed by atoms with Crippen LogP contribution in [0.4, 0.5) is 5.69 Å². The third-order valence-corrected chi connectivity index (χ3v) is 5.03. The number of nitrogens with zero attached hydrogens (tertiary/aromatic N) is 5. The maximum atomic E-state index is 12.7. The van der Waals surface area contributed by atoms with Gasteiger partial charge in [0.05, 0.1) is 18.4 Å². The van der Waals surface area contributed by atoms with Gasteiger partial charge < -0.3 is 19.5 Å². The summed E-state index contributed by atoms with van der Waals surface area (Å²) in [6.07, 6.45) is 1.43. The third-order valence-electron chi connectivity index (χ3n) is 5.03. The van der Waals surface area contributed by atoms with Crippen LogP contribution in [0, 0.1) is 11.3 Å². The van der Waals surface area contributed by atoms with E-state index in [2.05, 4.69) is 10.2 Å². The molecule has 2 N–H and O–H groups in total. The summed E-state index contributed by atoms with van der Waals surface area (Å²) in [6, 6.07) is 15.8. The predicted molar refractivity (Wildman–Crippen MR) is 115 cm³/mol. The molecule has 0 atom stereocenters. The van der Waals surface area contributed by atoms with Crippen LogP contribution in [0.1, 0.15) is 16.1 Å². The lowest BCUT2D eigenvalue weighted by Crippen LogP contribution is -2.13. The molecule has 0 saturated carbocycles. The number of rotatable bonds is 3. The fourth-order valence-electron chi connectivity index (χ4n) is 3.46. The Morgan fingerprint density at radius 3 is 2.53 bits per heavy atom. The number of nitrogens with two attached hydrogens (primary N) is 1. The minimum Gasteiger partial charge on any atom is -0.464 e. The monoisotopic (exact) mass is 426 g/mol. The highest BCUT2D eigenvalue weighted by molar-refractivity contribution is 5.96. The SMILES string of the molecule is COC(=O)c1c(N)c(C#N)cn1-c1ccc2cc(-n3nc4ccccc4n3)c(=O)oc2c1. The van der Waals surface area contributed by atoms with Gasteiger partial charge in [0.15, 0.2) is 11.4 Å². The summed E-state index contributed by atoms with van der Waals surface area (Å²) in [4.78, 5) is 26.1. The quantitative estimate of drug-likeness (QED) is 0.343. The summed E-state index contributed by atoms with van der Waals surface area (Å²) in [5, 5.41) is 18.6. The maximum absolute atomic E-state index is 12.7. The Morgan fingerprint density at radius 1 is 1.16 bits per heavy atom. The summed E-state index contributed by atoms with van der Waals surface area (Å²) in [6.45, 7) is 0. The summed E-state index contributed by atoms with van der Waals surface area (Å²) < 4.78 is 11.7. The molecule has 156 valence electrons. The molecule has 2 aromatic carbocycles. The van der Waals surface area contributed by atoms with Crippen molar-refractivity contribution >= 4 is 33.7 Å². The molecule has 0 saturated heterocycles. The van der Waals surface area contributed by atoms with E-state index in [1.54, 1.807) is 36.4 Å². The molecule has 5 rings (SSSR count). The first kappa shape index (κ1) is 19.1. The van der Waals surface area contributed by atoms with E-state index in [0.29, 0.717) is 22.1 Å². The molecule has 0 radical (unpaired) electrons. The van der Waals surface area contributed by atoms with E-state index in [4.69, 9.17) is 14.9 Å². The van der Waals surface area contributed by atoms with Gasteiger partial charge in [-0.05, 0) is 30.3 Å². The number of aromatic nitrogens is 4. The molecule has 3 aromatic heterocycles. The van der Waals surface area contributed by atoms with Gasteiger partial charge >= 0.3 is 11.6 Å². The van der Waals surface area contributed by atoms with Gasteiger partial charge in [0.25, 0.3) is 0 Å². The average molecular weight is 426 g/mol. The molecule has 0 bridgehead atoms. The molecule has 0 spiro atoms. The molecular weight excluding hydrogens is 412 g/mol. The van der Waals surface area contributed by atoms with Crippen molar-refractivity contribution in [2.45, 2.75) is 0 Å².